The number of nitrogens with zero attached hydrogens (tertiary/aromatic N) is 4. The zero-order valence-corrected chi connectivity index (χ0v) is 14.8. The number of aryl methyl sites for hydroxylation is 2. The molecule has 3 rings (SSSR count). The van der Waals surface area contributed by atoms with Crippen molar-refractivity contribution in [2.24, 2.45) is 5.92 Å². The molecular formula is C18H18F4N4O. The molecule has 27 heavy (non-hydrogen) atoms. The van der Waals surface area contributed by atoms with Crippen LogP contribution in [0.15, 0.2) is 35.4 Å². The van der Waals surface area contributed by atoms with Crippen LogP contribution < -0.4 is 5.56 Å². The normalized spacial score (nSPS) is 13.3. The Labute approximate surface area is 152 Å². The molecule has 0 aliphatic rings. The highest BCUT2D eigenvalue weighted by molar-refractivity contribution is 5.70. The zero-order valence-electron chi connectivity index (χ0n) is 14.8. The number of aromatic nitrogens is 4. The minimum absolute atomic E-state index is 0.0574. The number of benzene rings is 1. The van der Waals surface area contributed by atoms with E-state index in [0.717, 1.165) is 6.92 Å². The smallest absolute Gasteiger partial charge is 0.315 e. The van der Waals surface area contributed by atoms with E-state index in [4.69, 9.17) is 0 Å². The van der Waals surface area contributed by atoms with E-state index in [2.05, 4.69) is 9.97 Å². The van der Waals surface area contributed by atoms with E-state index >= 15 is 0 Å². The van der Waals surface area contributed by atoms with Crippen LogP contribution in [-0.2, 0) is 13.0 Å². The van der Waals surface area contributed by atoms with Crippen molar-refractivity contribution >= 4 is 11.2 Å². The van der Waals surface area contributed by atoms with Crippen LogP contribution >= 0.6 is 0 Å². The first-order valence-corrected chi connectivity index (χ1v) is 8.51. The van der Waals surface area contributed by atoms with Crippen LogP contribution in [0.4, 0.5) is 17.6 Å². The molecule has 2 aromatic heterocycles. The maximum absolute atomic E-state index is 13.2. The predicted molar refractivity (Wildman–Crippen MR) is 92.3 cm³/mol. The Kier molecular flexibility index (Phi) is 5.03. The Bertz CT molecular complexity index is 1010. The fourth-order valence-electron chi connectivity index (χ4n) is 2.80. The second kappa shape index (κ2) is 7.13. The lowest BCUT2D eigenvalue weighted by Gasteiger charge is -2.17. The summed E-state index contributed by atoms with van der Waals surface area (Å²) in [6.07, 6.45) is -3.13. The van der Waals surface area contributed by atoms with Crippen molar-refractivity contribution in [3.05, 3.63) is 52.6 Å². The summed E-state index contributed by atoms with van der Waals surface area (Å²) < 4.78 is 54.7. The summed E-state index contributed by atoms with van der Waals surface area (Å²) in [4.78, 5) is 21.4. The molecule has 0 spiro atoms. The first-order valence-electron chi connectivity index (χ1n) is 8.51. The van der Waals surface area contributed by atoms with Gasteiger partial charge in [0.1, 0.15) is 11.6 Å². The van der Waals surface area contributed by atoms with Gasteiger partial charge >= 0.3 is 6.18 Å². The molecular weight excluding hydrogens is 364 g/mol. The number of fused-ring (bicyclic) bond motifs is 1. The summed E-state index contributed by atoms with van der Waals surface area (Å²) >= 11 is 0. The van der Waals surface area contributed by atoms with Crippen LogP contribution in [0.5, 0.6) is 0 Å². The molecule has 144 valence electrons. The molecule has 0 bridgehead atoms. The van der Waals surface area contributed by atoms with Crippen LogP contribution in [-0.4, -0.2) is 25.3 Å². The highest BCUT2D eigenvalue weighted by Gasteiger charge is 2.35. The number of hydrogen-bond donors (Lipinski definition) is 0. The standard InChI is InChI=1S/C18H18F4N4O/c1-3-25-10-23-15-16(25)24-14(9-4-11(2)18(20,21)22)26(17(15)27)13-7-5-12(19)6-8-13/h5-8,10-11H,3-4,9H2,1-2H3. The molecule has 0 radical (unpaired) electrons. The topological polar surface area (TPSA) is 52.7 Å². The molecule has 1 unspecified atom stereocenters. The summed E-state index contributed by atoms with van der Waals surface area (Å²) in [6.45, 7) is 3.46. The van der Waals surface area contributed by atoms with Crippen LogP contribution in [0.25, 0.3) is 16.9 Å². The number of alkyl halides is 3. The van der Waals surface area contributed by atoms with E-state index in [1.807, 2.05) is 6.92 Å². The Morgan fingerprint density at radius 2 is 1.85 bits per heavy atom. The average molecular weight is 382 g/mol. The van der Waals surface area contributed by atoms with Gasteiger partial charge in [0.15, 0.2) is 11.2 Å². The van der Waals surface area contributed by atoms with Gasteiger partial charge in [0.2, 0.25) is 0 Å². The van der Waals surface area contributed by atoms with Gasteiger partial charge in [0.05, 0.1) is 17.9 Å². The number of rotatable bonds is 5. The van der Waals surface area contributed by atoms with Gasteiger partial charge in [-0.25, -0.2) is 14.4 Å². The minimum Gasteiger partial charge on any atom is -0.315 e. The van der Waals surface area contributed by atoms with Gasteiger partial charge in [-0.1, -0.05) is 6.92 Å². The average Bonchev–Trinajstić information content (AvgIpc) is 3.03. The summed E-state index contributed by atoms with van der Waals surface area (Å²) in [6, 6.07) is 5.13. The van der Waals surface area contributed by atoms with E-state index in [9.17, 15) is 22.4 Å². The van der Waals surface area contributed by atoms with Crippen molar-refractivity contribution in [1.82, 2.24) is 19.1 Å². The van der Waals surface area contributed by atoms with Gasteiger partial charge in [-0.2, -0.15) is 13.2 Å². The van der Waals surface area contributed by atoms with Gasteiger partial charge in [-0.3, -0.25) is 9.36 Å². The van der Waals surface area contributed by atoms with E-state index < -0.39 is 23.5 Å². The molecule has 1 atom stereocenters. The minimum atomic E-state index is -4.32. The quantitative estimate of drug-likeness (QED) is 0.630. The van der Waals surface area contributed by atoms with Crippen molar-refractivity contribution in [1.29, 1.82) is 0 Å². The molecule has 1 aromatic carbocycles. The highest BCUT2D eigenvalue weighted by Crippen LogP contribution is 2.29. The summed E-state index contributed by atoms with van der Waals surface area (Å²) in [5.41, 5.74) is 0.286. The van der Waals surface area contributed by atoms with Crippen molar-refractivity contribution in [2.75, 3.05) is 0 Å². The number of hydrogen-bond acceptors (Lipinski definition) is 3. The van der Waals surface area contributed by atoms with E-state index in [0.29, 0.717) is 17.9 Å². The molecule has 0 saturated carbocycles. The van der Waals surface area contributed by atoms with Gasteiger partial charge in [-0.05, 0) is 37.6 Å². The van der Waals surface area contributed by atoms with Crippen molar-refractivity contribution in [3.8, 4) is 5.69 Å². The molecule has 3 aromatic rings. The van der Waals surface area contributed by atoms with Crippen LogP contribution in [0.3, 0.4) is 0 Å². The third kappa shape index (κ3) is 3.72. The van der Waals surface area contributed by atoms with E-state index in [1.165, 1.54) is 35.2 Å². The first kappa shape index (κ1) is 19.1. The molecule has 0 aliphatic heterocycles. The Morgan fingerprint density at radius 3 is 2.44 bits per heavy atom. The number of halogens is 4. The molecule has 0 saturated heterocycles. The molecule has 9 heteroatoms. The predicted octanol–water partition coefficient (Wildman–Crippen LogP) is 3.87. The SMILES string of the molecule is CCn1cnc2c(=O)n(-c3ccc(F)cc3)c(CCC(C)C(F)(F)F)nc21. The summed E-state index contributed by atoms with van der Waals surface area (Å²) in [5, 5.41) is 0. The lowest BCUT2D eigenvalue weighted by atomic mass is 10.0. The van der Waals surface area contributed by atoms with Crippen molar-refractivity contribution in [3.63, 3.8) is 0 Å². The van der Waals surface area contributed by atoms with Gasteiger partial charge in [0.25, 0.3) is 5.56 Å². The summed E-state index contributed by atoms with van der Waals surface area (Å²) in [7, 11) is 0. The maximum atomic E-state index is 13.2. The van der Waals surface area contributed by atoms with Gasteiger partial charge < -0.3 is 4.57 Å². The molecule has 0 aliphatic carbocycles. The van der Waals surface area contributed by atoms with Crippen molar-refractivity contribution < 1.29 is 17.6 Å². The molecule has 0 fully saturated rings. The summed E-state index contributed by atoms with van der Waals surface area (Å²) in [5.74, 6) is -1.84. The Hall–Kier alpha value is -2.71. The van der Waals surface area contributed by atoms with Crippen LogP contribution in [0.2, 0.25) is 0 Å². The van der Waals surface area contributed by atoms with E-state index in [1.54, 1.807) is 4.57 Å². The van der Waals surface area contributed by atoms with E-state index in [-0.39, 0.29) is 24.2 Å². The lowest BCUT2D eigenvalue weighted by Crippen LogP contribution is -2.26. The third-order valence-corrected chi connectivity index (χ3v) is 4.49. The molecule has 2 heterocycles. The molecule has 0 amide bonds. The zero-order chi connectivity index (χ0) is 19.8. The maximum Gasteiger partial charge on any atom is 0.391 e. The Morgan fingerprint density at radius 1 is 1.19 bits per heavy atom. The first-order chi connectivity index (χ1) is 12.7. The fraction of sp³-hybridized carbons (Fsp3) is 0.389. The highest BCUT2D eigenvalue weighted by atomic mass is 19.4. The lowest BCUT2D eigenvalue weighted by molar-refractivity contribution is -0.171. The largest absolute Gasteiger partial charge is 0.391 e. The molecule has 0 N–H and O–H groups in total. The fourth-order valence-corrected chi connectivity index (χ4v) is 2.80. The van der Waals surface area contributed by atoms with Gasteiger partial charge in [0, 0.05) is 13.0 Å². The van der Waals surface area contributed by atoms with Crippen LogP contribution in [0, 0.1) is 11.7 Å². The van der Waals surface area contributed by atoms with Crippen molar-refractivity contribution in [2.45, 2.75) is 39.4 Å². The molecule has 5 nitrogen and oxygen atoms in total. The van der Waals surface area contributed by atoms with Crippen LogP contribution in [0.1, 0.15) is 26.1 Å². The Balaban J connectivity index is 2.14. The number of imidazole rings is 1. The second-order valence-corrected chi connectivity index (χ2v) is 6.33. The third-order valence-electron chi connectivity index (χ3n) is 4.49. The monoisotopic (exact) mass is 382 g/mol. The second-order valence-electron chi connectivity index (χ2n) is 6.33. The van der Waals surface area contributed by atoms with Gasteiger partial charge in [-0.15, -0.1) is 0 Å².